The lowest BCUT2D eigenvalue weighted by Gasteiger charge is -2.47. The molecule has 1 aliphatic carbocycles. The number of likely N-dealkylation sites (tertiary alicyclic amines) is 1. The summed E-state index contributed by atoms with van der Waals surface area (Å²) in [7, 11) is 0. The highest BCUT2D eigenvalue weighted by atomic mass is 16.5. The maximum Gasteiger partial charge on any atom is 0.329 e. The molecule has 0 aromatic rings. The number of carbonyl (C=O) groups is 2. The fourth-order valence-electron chi connectivity index (χ4n) is 1.90. The van der Waals surface area contributed by atoms with Crippen molar-refractivity contribution in [2.24, 2.45) is 0 Å². The summed E-state index contributed by atoms with van der Waals surface area (Å²) in [6.45, 7) is 2.85. The van der Waals surface area contributed by atoms with Crippen LogP contribution in [0.15, 0.2) is 0 Å². The molecule has 0 spiro atoms. The molecule has 1 amide bonds. The van der Waals surface area contributed by atoms with E-state index in [1.807, 2.05) is 6.92 Å². The number of carboxylic acid groups (broad SMARTS) is 1. The Morgan fingerprint density at radius 1 is 1.47 bits per heavy atom. The van der Waals surface area contributed by atoms with E-state index in [0.717, 1.165) is 12.8 Å². The summed E-state index contributed by atoms with van der Waals surface area (Å²) in [5, 5.41) is 11.7. The predicted octanol–water partition coefficient (Wildman–Crippen LogP) is -0.559. The number of aliphatic carboxylic acids is 1. The summed E-state index contributed by atoms with van der Waals surface area (Å²) in [5.41, 5.74) is -0.492. The number of hydrogen-bond acceptors (Lipinski definition) is 4. The Morgan fingerprint density at radius 3 is 2.65 bits per heavy atom. The van der Waals surface area contributed by atoms with E-state index in [9.17, 15) is 9.59 Å². The molecule has 0 atom stereocenters. The SMILES string of the molecule is CC1(OCC(=O)O)CN(C(=O)CNC2CC2)C1. The topological polar surface area (TPSA) is 78.9 Å². The molecule has 1 saturated heterocycles. The van der Waals surface area contributed by atoms with Crippen molar-refractivity contribution in [1.82, 2.24) is 10.2 Å². The zero-order chi connectivity index (χ0) is 12.5. The Morgan fingerprint density at radius 2 is 2.12 bits per heavy atom. The van der Waals surface area contributed by atoms with E-state index in [2.05, 4.69) is 5.32 Å². The second-order valence-corrected chi connectivity index (χ2v) is 5.04. The number of hydrogen-bond donors (Lipinski definition) is 2. The fraction of sp³-hybridized carbons (Fsp3) is 0.818. The summed E-state index contributed by atoms with van der Waals surface area (Å²) < 4.78 is 5.23. The quantitative estimate of drug-likeness (QED) is 0.653. The van der Waals surface area contributed by atoms with Gasteiger partial charge in [-0.15, -0.1) is 0 Å². The molecule has 17 heavy (non-hydrogen) atoms. The van der Waals surface area contributed by atoms with Crippen LogP contribution >= 0.6 is 0 Å². The lowest BCUT2D eigenvalue weighted by molar-refractivity contribution is -0.172. The number of amides is 1. The number of rotatable bonds is 6. The lowest BCUT2D eigenvalue weighted by atomic mass is 9.96. The largest absolute Gasteiger partial charge is 0.480 e. The average Bonchev–Trinajstić information content (AvgIpc) is 3.02. The van der Waals surface area contributed by atoms with Crippen LogP contribution in [0.1, 0.15) is 19.8 Å². The fourth-order valence-corrected chi connectivity index (χ4v) is 1.90. The van der Waals surface area contributed by atoms with Crippen molar-refractivity contribution in [2.75, 3.05) is 26.2 Å². The van der Waals surface area contributed by atoms with Crippen LogP contribution in [0.25, 0.3) is 0 Å². The molecule has 0 aromatic carbocycles. The van der Waals surface area contributed by atoms with Gasteiger partial charge in [0.1, 0.15) is 12.2 Å². The van der Waals surface area contributed by atoms with E-state index in [-0.39, 0.29) is 12.5 Å². The van der Waals surface area contributed by atoms with E-state index >= 15 is 0 Å². The lowest BCUT2D eigenvalue weighted by Crippen LogP contribution is -2.64. The van der Waals surface area contributed by atoms with Crippen LogP contribution in [0.3, 0.4) is 0 Å². The summed E-state index contributed by atoms with van der Waals surface area (Å²) in [4.78, 5) is 23.7. The number of carboxylic acids is 1. The highest BCUT2D eigenvalue weighted by Gasteiger charge is 2.42. The average molecular weight is 242 g/mol. The first-order chi connectivity index (χ1) is 7.98. The van der Waals surface area contributed by atoms with Crippen molar-refractivity contribution in [3.05, 3.63) is 0 Å². The Bertz CT molecular complexity index is 321. The van der Waals surface area contributed by atoms with Crippen LogP contribution < -0.4 is 5.32 Å². The molecule has 6 nitrogen and oxygen atoms in total. The van der Waals surface area contributed by atoms with Crippen molar-refractivity contribution >= 4 is 11.9 Å². The van der Waals surface area contributed by atoms with Gasteiger partial charge in [-0.2, -0.15) is 0 Å². The Hall–Kier alpha value is -1.14. The monoisotopic (exact) mass is 242 g/mol. The van der Waals surface area contributed by atoms with Gasteiger partial charge >= 0.3 is 5.97 Å². The van der Waals surface area contributed by atoms with Crippen LogP contribution in [-0.2, 0) is 14.3 Å². The molecular weight excluding hydrogens is 224 g/mol. The second-order valence-electron chi connectivity index (χ2n) is 5.04. The van der Waals surface area contributed by atoms with Gasteiger partial charge in [0.05, 0.1) is 19.6 Å². The van der Waals surface area contributed by atoms with Crippen molar-refractivity contribution in [2.45, 2.75) is 31.4 Å². The molecule has 0 aromatic heterocycles. The molecule has 1 aliphatic heterocycles. The molecule has 2 aliphatic rings. The predicted molar refractivity (Wildman–Crippen MR) is 59.6 cm³/mol. The van der Waals surface area contributed by atoms with E-state index in [1.54, 1.807) is 4.90 Å². The van der Waals surface area contributed by atoms with E-state index in [0.29, 0.717) is 25.7 Å². The zero-order valence-corrected chi connectivity index (χ0v) is 9.94. The summed E-state index contributed by atoms with van der Waals surface area (Å²) in [6.07, 6.45) is 2.32. The third-order valence-electron chi connectivity index (χ3n) is 3.07. The van der Waals surface area contributed by atoms with Crippen molar-refractivity contribution in [3.63, 3.8) is 0 Å². The third kappa shape index (κ3) is 3.41. The van der Waals surface area contributed by atoms with E-state index < -0.39 is 11.6 Å². The van der Waals surface area contributed by atoms with Crippen LogP contribution in [0.5, 0.6) is 0 Å². The Balaban J connectivity index is 1.65. The van der Waals surface area contributed by atoms with Crippen LogP contribution in [-0.4, -0.2) is 59.8 Å². The smallest absolute Gasteiger partial charge is 0.329 e. The van der Waals surface area contributed by atoms with E-state index in [4.69, 9.17) is 9.84 Å². The van der Waals surface area contributed by atoms with Crippen LogP contribution in [0.2, 0.25) is 0 Å². The molecule has 0 bridgehead atoms. The van der Waals surface area contributed by atoms with Crippen LogP contribution in [0, 0.1) is 0 Å². The van der Waals surface area contributed by atoms with Gasteiger partial charge in [-0.25, -0.2) is 4.79 Å². The molecule has 2 fully saturated rings. The van der Waals surface area contributed by atoms with Crippen LogP contribution in [0.4, 0.5) is 0 Å². The van der Waals surface area contributed by atoms with Gasteiger partial charge in [0.2, 0.25) is 5.91 Å². The zero-order valence-electron chi connectivity index (χ0n) is 9.94. The highest BCUT2D eigenvalue weighted by Crippen LogP contribution is 2.25. The molecule has 0 unspecified atom stereocenters. The normalized spacial score (nSPS) is 22.1. The molecule has 96 valence electrons. The molecule has 2 N–H and O–H groups in total. The van der Waals surface area contributed by atoms with Crippen molar-refractivity contribution in [1.29, 1.82) is 0 Å². The van der Waals surface area contributed by atoms with Gasteiger partial charge in [-0.05, 0) is 19.8 Å². The Labute approximate surface area is 99.9 Å². The summed E-state index contributed by atoms with van der Waals surface area (Å²) >= 11 is 0. The maximum absolute atomic E-state index is 11.7. The minimum absolute atomic E-state index is 0.0632. The van der Waals surface area contributed by atoms with Crippen molar-refractivity contribution < 1.29 is 19.4 Å². The molecule has 1 heterocycles. The van der Waals surface area contributed by atoms with Gasteiger partial charge in [-0.3, -0.25) is 4.79 Å². The van der Waals surface area contributed by atoms with Crippen molar-refractivity contribution in [3.8, 4) is 0 Å². The number of ether oxygens (including phenoxy) is 1. The molecule has 6 heteroatoms. The van der Waals surface area contributed by atoms with Gasteiger partial charge in [-0.1, -0.05) is 0 Å². The maximum atomic E-state index is 11.7. The van der Waals surface area contributed by atoms with Gasteiger partial charge in [0.15, 0.2) is 0 Å². The van der Waals surface area contributed by atoms with Gasteiger partial charge in [0.25, 0.3) is 0 Å². The first kappa shape index (κ1) is 12.3. The first-order valence-corrected chi connectivity index (χ1v) is 5.85. The summed E-state index contributed by atoms with van der Waals surface area (Å²) in [5.74, 6) is -0.917. The van der Waals surface area contributed by atoms with Gasteiger partial charge in [0, 0.05) is 6.04 Å². The highest BCUT2D eigenvalue weighted by molar-refractivity contribution is 5.79. The number of nitrogens with zero attached hydrogens (tertiary/aromatic N) is 1. The minimum atomic E-state index is -0.980. The summed E-state index contributed by atoms with van der Waals surface area (Å²) in [6, 6.07) is 0.523. The second kappa shape index (κ2) is 4.62. The number of carbonyl (C=O) groups excluding carboxylic acids is 1. The molecule has 2 rings (SSSR count). The van der Waals surface area contributed by atoms with E-state index in [1.165, 1.54) is 0 Å². The molecule has 1 saturated carbocycles. The van der Waals surface area contributed by atoms with Gasteiger partial charge < -0.3 is 20.1 Å². The molecular formula is C11H18N2O4. The minimum Gasteiger partial charge on any atom is -0.480 e. The first-order valence-electron chi connectivity index (χ1n) is 5.85. The Kier molecular flexibility index (Phi) is 3.35. The standard InChI is InChI=1S/C11H18N2O4/c1-11(17-5-10(15)16)6-13(7-11)9(14)4-12-8-2-3-8/h8,12H,2-7H2,1H3,(H,15,16). The third-order valence-corrected chi connectivity index (χ3v) is 3.07. The number of nitrogens with one attached hydrogen (secondary N) is 1. The molecule has 0 radical (unpaired) electrons.